The van der Waals surface area contributed by atoms with Crippen molar-refractivity contribution in [1.82, 2.24) is 15.0 Å². The molecule has 0 aliphatic carbocycles. The monoisotopic (exact) mass is 848 g/mol. The Hall–Kier alpha value is -0.770. The first-order chi connectivity index (χ1) is 23.5. The fraction of sp³-hybridized carbons (Fsp3) is 0. The summed E-state index contributed by atoms with van der Waals surface area (Å²) < 4.78 is 106. The van der Waals surface area contributed by atoms with Gasteiger partial charge in [-0.3, -0.25) is 8.42 Å². The van der Waals surface area contributed by atoms with E-state index in [0.29, 0.717) is 17.1 Å². The Bertz CT molecular complexity index is 2730. The maximum atomic E-state index is 11.9. The number of hydrogen-bond donors (Lipinski definition) is 3. The number of carboxylic acids is 1. The van der Waals surface area contributed by atoms with Crippen molar-refractivity contribution in [3.8, 4) is 0 Å². The van der Waals surface area contributed by atoms with Gasteiger partial charge in [-0.1, -0.05) is 36.4 Å². The van der Waals surface area contributed by atoms with E-state index in [1.54, 1.807) is 6.07 Å². The Kier molecular flexibility index (Phi) is 19.9. The molecular formula is C30H17N6Na5O11S3. The molecule has 0 atom stereocenters. The Morgan fingerprint density at radius 1 is 0.564 bits per heavy atom. The predicted molar refractivity (Wildman–Crippen MR) is 171 cm³/mol. The van der Waals surface area contributed by atoms with Crippen molar-refractivity contribution in [3.63, 3.8) is 0 Å². The third kappa shape index (κ3) is 12.9. The SMILES string of the molecule is O=C([O-])c1ccccc1Nc1nc(Nc2ccc3c(S(=O)(=O)[O-])c[c-]cc3c2)nc(Nc2ccc3c(S(=O)(=O)[O-])cc(S(=O)(=O)[O-])cc3c2)n1.[Na+].[Na+].[Na+].[Na+].[Na+]. The van der Waals surface area contributed by atoms with Gasteiger partial charge in [-0.25, -0.2) is 16.8 Å². The summed E-state index contributed by atoms with van der Waals surface area (Å²) in [7, 11) is -15.2. The minimum Gasteiger partial charge on any atom is -0.754 e. The molecule has 5 aromatic carbocycles. The molecule has 0 bridgehead atoms. The van der Waals surface area contributed by atoms with Crippen molar-refractivity contribution in [2.45, 2.75) is 14.7 Å². The van der Waals surface area contributed by atoms with E-state index in [1.165, 1.54) is 60.7 Å². The Morgan fingerprint density at radius 2 is 1.05 bits per heavy atom. The van der Waals surface area contributed by atoms with Gasteiger partial charge in [-0.05, 0) is 52.1 Å². The van der Waals surface area contributed by atoms with Crippen molar-refractivity contribution in [3.05, 3.63) is 96.6 Å². The zero-order valence-electron chi connectivity index (χ0n) is 29.6. The average molecular weight is 849 g/mol. The summed E-state index contributed by atoms with van der Waals surface area (Å²) >= 11 is 0. The number of aromatic nitrogens is 3. The smallest absolute Gasteiger partial charge is 0.754 e. The van der Waals surface area contributed by atoms with Crippen LogP contribution in [0.4, 0.5) is 34.9 Å². The van der Waals surface area contributed by atoms with Crippen LogP contribution in [-0.4, -0.2) is 59.8 Å². The molecule has 17 nitrogen and oxygen atoms in total. The third-order valence-corrected chi connectivity index (χ3v) is 9.59. The van der Waals surface area contributed by atoms with Gasteiger partial charge in [0.2, 0.25) is 17.8 Å². The van der Waals surface area contributed by atoms with Crippen molar-refractivity contribution in [1.29, 1.82) is 0 Å². The van der Waals surface area contributed by atoms with Crippen LogP contribution in [0.15, 0.2) is 99.6 Å². The van der Waals surface area contributed by atoms with Gasteiger partial charge in [0.25, 0.3) is 0 Å². The van der Waals surface area contributed by atoms with Crippen LogP contribution < -0.4 is 169 Å². The molecule has 1 heterocycles. The standard InChI is InChI=1S/C30H21N6O11S3.5Na/c37-27(38)23-5-1-2-6-24(23)33-30-35-28(31-18-8-10-21-16(12-18)4-3-7-25(21)49(42,43)44)34-29(36-30)32-19-9-11-22-17(13-19)14-20(48(39,40)41)15-26(22)50(45,46)47;;;;;/h1-2,4-15H,(H,37,38)(H,39,40,41)(H,42,43,44)(H,45,46,47)(H3,31,32,33,34,35,36);;;;;/q-1;5*+1/p-4. The number of carbonyl (C=O) groups excluding carboxylic acids is 1. The van der Waals surface area contributed by atoms with Crippen molar-refractivity contribution in [2.24, 2.45) is 0 Å². The maximum absolute atomic E-state index is 11.9. The van der Waals surface area contributed by atoms with Gasteiger partial charge in [0.1, 0.15) is 20.2 Å². The van der Waals surface area contributed by atoms with E-state index >= 15 is 0 Å². The maximum Gasteiger partial charge on any atom is 1.00 e. The number of rotatable bonds is 10. The van der Waals surface area contributed by atoms with E-state index in [2.05, 4.69) is 37.0 Å². The zero-order chi connectivity index (χ0) is 36.0. The molecule has 1 aromatic heterocycles. The van der Waals surface area contributed by atoms with Crippen LogP contribution >= 0.6 is 0 Å². The number of fused-ring (bicyclic) bond motifs is 2. The normalized spacial score (nSPS) is 11.0. The first-order valence-corrected chi connectivity index (χ1v) is 17.9. The zero-order valence-corrected chi connectivity index (χ0v) is 42.1. The van der Waals surface area contributed by atoms with Gasteiger partial charge >= 0.3 is 148 Å². The van der Waals surface area contributed by atoms with Crippen LogP contribution in [0.1, 0.15) is 10.4 Å². The summed E-state index contributed by atoms with van der Waals surface area (Å²) in [6, 6.07) is 20.3. The van der Waals surface area contributed by atoms with Crippen molar-refractivity contribution < 1.29 is 197 Å². The Balaban J connectivity index is 0.00000302. The van der Waals surface area contributed by atoms with E-state index < -0.39 is 51.0 Å². The number of nitrogens with one attached hydrogen (secondary N) is 3. The van der Waals surface area contributed by atoms with Gasteiger partial charge in [0.05, 0.1) is 25.9 Å². The van der Waals surface area contributed by atoms with Crippen LogP contribution in [0.5, 0.6) is 0 Å². The molecule has 0 unspecified atom stereocenters. The molecular weight excluding hydrogens is 832 g/mol. The number of carbonyl (C=O) groups is 1. The van der Waals surface area contributed by atoms with E-state index in [9.17, 15) is 48.8 Å². The largest absolute Gasteiger partial charge is 1.00 e. The Labute approximate surface area is 425 Å². The second-order valence-electron chi connectivity index (χ2n) is 10.4. The Morgan fingerprint density at radius 3 is 1.56 bits per heavy atom. The fourth-order valence-electron chi connectivity index (χ4n) is 4.91. The third-order valence-electron chi connectivity index (χ3n) is 7.03. The average Bonchev–Trinajstić information content (AvgIpc) is 3.02. The summed E-state index contributed by atoms with van der Waals surface area (Å²) in [5, 5.41) is 20.4. The summed E-state index contributed by atoms with van der Waals surface area (Å²) in [6.07, 6.45) is 0. The summed E-state index contributed by atoms with van der Waals surface area (Å²) in [4.78, 5) is 22.2. The molecule has 0 spiro atoms. The van der Waals surface area contributed by atoms with Gasteiger partial charge in [-0.15, -0.1) is 10.8 Å². The minimum atomic E-state index is -5.20. The first kappa shape index (κ1) is 52.2. The van der Waals surface area contributed by atoms with Crippen LogP contribution in [-0.2, 0) is 30.4 Å². The molecule has 0 saturated carbocycles. The number of nitrogens with zero attached hydrogens (tertiary/aromatic N) is 3. The van der Waals surface area contributed by atoms with E-state index in [0.717, 1.165) is 12.1 Å². The van der Waals surface area contributed by atoms with Gasteiger partial charge in [0, 0.05) is 22.6 Å². The number of carboxylic acid groups (broad SMARTS) is 1. The molecule has 3 N–H and O–H groups in total. The molecule has 25 heteroatoms. The van der Waals surface area contributed by atoms with Gasteiger partial charge in [0.15, 0.2) is 0 Å². The molecule has 0 amide bonds. The second kappa shape index (κ2) is 21.0. The van der Waals surface area contributed by atoms with E-state index in [-0.39, 0.29) is 199 Å². The molecule has 0 radical (unpaired) electrons. The first-order valence-electron chi connectivity index (χ1n) is 13.7. The van der Waals surface area contributed by atoms with Crippen molar-refractivity contribution in [2.75, 3.05) is 16.0 Å². The van der Waals surface area contributed by atoms with Crippen LogP contribution in [0, 0.1) is 6.07 Å². The van der Waals surface area contributed by atoms with Crippen molar-refractivity contribution >= 4 is 92.8 Å². The van der Waals surface area contributed by atoms with Crippen LogP contribution in [0.2, 0.25) is 0 Å². The molecule has 55 heavy (non-hydrogen) atoms. The molecule has 0 fully saturated rings. The molecule has 0 saturated heterocycles. The second-order valence-corrected chi connectivity index (χ2v) is 14.4. The topological polar surface area (TPSA) is 286 Å². The summed E-state index contributed by atoms with van der Waals surface area (Å²) in [5.74, 6) is -2.05. The van der Waals surface area contributed by atoms with Gasteiger partial charge < -0.3 is 39.5 Å². The number of anilines is 6. The van der Waals surface area contributed by atoms with Crippen LogP contribution in [0.3, 0.4) is 0 Å². The fourth-order valence-corrected chi connectivity index (χ4v) is 6.91. The number of hydrogen-bond acceptors (Lipinski definition) is 17. The summed E-state index contributed by atoms with van der Waals surface area (Å²) in [5.41, 5.74) is 0.257. The summed E-state index contributed by atoms with van der Waals surface area (Å²) in [6.45, 7) is 0. The molecule has 0 aliphatic rings. The minimum absolute atomic E-state index is 0. The molecule has 6 aromatic rings. The van der Waals surface area contributed by atoms with Crippen LogP contribution in [0.25, 0.3) is 21.5 Å². The predicted octanol–water partition coefficient (Wildman–Crippen LogP) is -12.7. The van der Waals surface area contributed by atoms with E-state index in [1.807, 2.05) is 0 Å². The molecule has 256 valence electrons. The number of aromatic carboxylic acids is 1. The number of para-hydroxylation sites is 1. The van der Waals surface area contributed by atoms with E-state index in [4.69, 9.17) is 0 Å². The van der Waals surface area contributed by atoms with Gasteiger partial charge in [-0.2, -0.15) is 33.2 Å². The quantitative estimate of drug-likeness (QED) is 0.0655. The number of benzene rings is 5. The molecule has 6 rings (SSSR count). The molecule has 0 aliphatic heterocycles.